The molecule has 1 aliphatic heterocycles. The number of ether oxygens (including phenoxy) is 2. The molecule has 5 rings (SSSR count). The van der Waals surface area contributed by atoms with Crippen molar-refractivity contribution in [3.05, 3.63) is 82.2 Å². The minimum Gasteiger partial charge on any atom is -0.471 e. The maximum atomic E-state index is 10.9. The third-order valence-electron chi connectivity index (χ3n) is 5.99. The van der Waals surface area contributed by atoms with E-state index < -0.39 is 29.5 Å². The van der Waals surface area contributed by atoms with Gasteiger partial charge in [0.15, 0.2) is 17.4 Å². The number of non-ortho nitro benzene ring substituents is 1. The number of aliphatic hydroxyl groups excluding tert-OH is 2. The number of rotatable bonds is 8. The van der Waals surface area contributed by atoms with Crippen LogP contribution in [0.4, 0.5) is 11.6 Å². The zero-order valence-corrected chi connectivity index (χ0v) is 19.3. The lowest BCUT2D eigenvalue weighted by Gasteiger charge is -2.19. The van der Waals surface area contributed by atoms with Crippen LogP contribution < -0.4 is 10.1 Å². The molecule has 4 aromatic rings. The Balaban J connectivity index is 1.47. The van der Waals surface area contributed by atoms with Gasteiger partial charge < -0.3 is 25.0 Å². The summed E-state index contributed by atoms with van der Waals surface area (Å²) in [7, 11) is 0. The van der Waals surface area contributed by atoms with E-state index in [1.807, 2.05) is 30.3 Å². The van der Waals surface area contributed by atoms with Crippen molar-refractivity contribution < 1.29 is 24.6 Å². The molecule has 2 aromatic carbocycles. The minimum absolute atomic E-state index is 0.0115. The highest BCUT2D eigenvalue weighted by Crippen LogP contribution is 2.36. The molecule has 36 heavy (non-hydrogen) atoms. The van der Waals surface area contributed by atoms with Gasteiger partial charge in [-0.1, -0.05) is 30.3 Å². The normalized spacial score (nSPS) is 21.5. The second-order valence-electron chi connectivity index (χ2n) is 8.42. The van der Waals surface area contributed by atoms with Gasteiger partial charge in [0.25, 0.3) is 5.69 Å². The number of nitro groups is 1. The molecule has 12 nitrogen and oxygen atoms in total. The van der Waals surface area contributed by atoms with Crippen molar-refractivity contribution in [1.82, 2.24) is 19.5 Å². The predicted molar refractivity (Wildman–Crippen MR) is 128 cm³/mol. The minimum atomic E-state index is -1.20. The fraction of sp³-hybridized carbons (Fsp3) is 0.292. The van der Waals surface area contributed by atoms with E-state index in [1.165, 1.54) is 18.5 Å². The van der Waals surface area contributed by atoms with Crippen LogP contribution in [0.5, 0.6) is 5.88 Å². The van der Waals surface area contributed by atoms with Crippen LogP contribution in [0.3, 0.4) is 0 Å². The quantitative estimate of drug-likeness (QED) is 0.247. The molecule has 0 unspecified atom stereocenters. The number of hydrogen-bond acceptors (Lipinski definition) is 10. The fourth-order valence-corrected chi connectivity index (χ4v) is 4.04. The molecule has 2 aromatic heterocycles. The van der Waals surface area contributed by atoms with Gasteiger partial charge in [-0.25, -0.2) is 9.97 Å². The Hall–Kier alpha value is -4.13. The smallest absolute Gasteiger partial charge is 0.269 e. The van der Waals surface area contributed by atoms with Gasteiger partial charge in [-0.15, -0.1) is 0 Å². The Kier molecular flexibility index (Phi) is 6.46. The summed E-state index contributed by atoms with van der Waals surface area (Å²) in [4.78, 5) is 23.6. The Labute approximate surface area is 205 Å². The van der Waals surface area contributed by atoms with Crippen molar-refractivity contribution in [3.63, 3.8) is 0 Å². The van der Waals surface area contributed by atoms with Crippen LogP contribution in [0.1, 0.15) is 24.3 Å². The van der Waals surface area contributed by atoms with E-state index in [0.717, 1.165) is 5.56 Å². The molecule has 12 heteroatoms. The number of aromatic nitrogens is 4. The highest BCUT2D eigenvalue weighted by atomic mass is 16.6. The molecule has 0 radical (unpaired) electrons. The third kappa shape index (κ3) is 4.56. The largest absolute Gasteiger partial charge is 0.471 e. The monoisotopic (exact) mass is 492 g/mol. The van der Waals surface area contributed by atoms with Crippen molar-refractivity contribution in [3.8, 4) is 5.88 Å². The summed E-state index contributed by atoms with van der Waals surface area (Å²) in [6, 6.07) is 15.7. The van der Waals surface area contributed by atoms with Crippen molar-refractivity contribution in [1.29, 1.82) is 0 Å². The van der Waals surface area contributed by atoms with E-state index >= 15 is 0 Å². The van der Waals surface area contributed by atoms with E-state index in [0.29, 0.717) is 29.2 Å². The summed E-state index contributed by atoms with van der Waals surface area (Å²) >= 11 is 0. The van der Waals surface area contributed by atoms with E-state index in [-0.39, 0.29) is 18.2 Å². The van der Waals surface area contributed by atoms with Gasteiger partial charge in [0.1, 0.15) is 25.1 Å². The summed E-state index contributed by atoms with van der Waals surface area (Å²) in [6.45, 7) is 2.22. The number of benzene rings is 2. The van der Waals surface area contributed by atoms with Gasteiger partial charge in [-0.3, -0.25) is 14.7 Å². The zero-order chi connectivity index (χ0) is 25.2. The van der Waals surface area contributed by atoms with Gasteiger partial charge in [-0.05, 0) is 30.2 Å². The number of hydrogen-bond donors (Lipinski definition) is 3. The summed E-state index contributed by atoms with van der Waals surface area (Å²) in [5.74, 6) is 0.556. The summed E-state index contributed by atoms with van der Waals surface area (Å²) in [6.07, 6.45) is -2.49. The highest BCUT2D eigenvalue weighted by Gasteiger charge is 2.43. The Morgan fingerprint density at radius 1 is 1.08 bits per heavy atom. The van der Waals surface area contributed by atoms with Crippen molar-refractivity contribution in [2.24, 2.45) is 0 Å². The average Bonchev–Trinajstić information content (AvgIpc) is 3.39. The predicted octanol–water partition coefficient (Wildman–Crippen LogP) is 2.56. The lowest BCUT2D eigenvalue weighted by Crippen LogP contribution is -2.30. The second kappa shape index (κ2) is 9.85. The molecule has 3 N–H and O–H groups in total. The third-order valence-corrected chi connectivity index (χ3v) is 5.99. The number of anilines is 1. The lowest BCUT2D eigenvalue weighted by molar-refractivity contribution is -0.384. The first-order valence-corrected chi connectivity index (χ1v) is 11.3. The molecule has 1 aliphatic rings. The first kappa shape index (κ1) is 23.6. The molecule has 0 aliphatic carbocycles. The van der Waals surface area contributed by atoms with Crippen LogP contribution in [0.25, 0.3) is 11.2 Å². The van der Waals surface area contributed by atoms with E-state index in [2.05, 4.69) is 20.3 Å². The van der Waals surface area contributed by atoms with Gasteiger partial charge >= 0.3 is 0 Å². The Morgan fingerprint density at radius 3 is 2.50 bits per heavy atom. The molecule has 0 bridgehead atoms. The van der Waals surface area contributed by atoms with E-state index in [1.54, 1.807) is 23.6 Å². The number of nitro benzene ring substituents is 1. The summed E-state index contributed by atoms with van der Waals surface area (Å²) < 4.78 is 13.3. The first-order valence-electron chi connectivity index (χ1n) is 11.3. The molecule has 1 fully saturated rings. The summed E-state index contributed by atoms with van der Waals surface area (Å²) in [5.41, 5.74) is 2.39. The molecule has 0 spiro atoms. The van der Waals surface area contributed by atoms with E-state index in [9.17, 15) is 20.3 Å². The molecule has 3 heterocycles. The van der Waals surface area contributed by atoms with Crippen LogP contribution in [-0.4, -0.2) is 53.0 Å². The van der Waals surface area contributed by atoms with Gasteiger partial charge in [-0.2, -0.15) is 4.98 Å². The van der Waals surface area contributed by atoms with E-state index in [4.69, 9.17) is 9.47 Å². The standard InChI is InChI=1S/C24H24N6O6/c1-14-19(31)20(32)23(36-14)29-21-18(28-24(29)25-11-15-5-3-2-4-6-15)22(27-13-26-21)35-12-16-7-9-17(10-8-16)30(33)34/h2-10,13-14,19-20,23,31-32H,11-12H2,1H3,(H,25,28)/t14-,19-,20-,23-/m1/s1. The lowest BCUT2D eigenvalue weighted by atomic mass is 10.1. The van der Waals surface area contributed by atoms with Crippen LogP contribution in [0.2, 0.25) is 0 Å². The SMILES string of the molecule is C[C@H]1O[C@@H](n2c(NCc3ccccc3)nc3c(OCc4ccc([N+](=O)[O-])cc4)ncnc32)[C@H](O)[C@@H]1O. The van der Waals surface area contributed by atoms with Crippen molar-refractivity contribution in [2.75, 3.05) is 5.32 Å². The van der Waals surface area contributed by atoms with Crippen LogP contribution in [0, 0.1) is 10.1 Å². The highest BCUT2D eigenvalue weighted by molar-refractivity contribution is 5.79. The Morgan fingerprint density at radius 2 is 1.83 bits per heavy atom. The molecule has 186 valence electrons. The molecular weight excluding hydrogens is 468 g/mol. The fourth-order valence-electron chi connectivity index (χ4n) is 4.04. The van der Waals surface area contributed by atoms with Gasteiger partial charge in [0.2, 0.25) is 11.8 Å². The van der Waals surface area contributed by atoms with Crippen LogP contribution in [0.15, 0.2) is 60.9 Å². The van der Waals surface area contributed by atoms with Gasteiger partial charge in [0, 0.05) is 18.7 Å². The number of imidazole rings is 1. The maximum Gasteiger partial charge on any atom is 0.269 e. The number of nitrogens with zero attached hydrogens (tertiary/aromatic N) is 5. The number of aliphatic hydroxyl groups is 2. The Bertz CT molecular complexity index is 1360. The number of fused-ring (bicyclic) bond motifs is 1. The van der Waals surface area contributed by atoms with Crippen molar-refractivity contribution in [2.45, 2.75) is 44.6 Å². The van der Waals surface area contributed by atoms with Crippen LogP contribution >= 0.6 is 0 Å². The molecule has 1 saturated heterocycles. The first-order chi connectivity index (χ1) is 17.4. The molecule has 0 amide bonds. The molecule has 0 saturated carbocycles. The molecule has 4 atom stereocenters. The topological polar surface area (TPSA) is 158 Å². The zero-order valence-electron chi connectivity index (χ0n) is 19.3. The van der Waals surface area contributed by atoms with Gasteiger partial charge in [0.05, 0.1) is 11.0 Å². The summed E-state index contributed by atoms with van der Waals surface area (Å²) in [5, 5.41) is 35.1. The van der Waals surface area contributed by atoms with Crippen LogP contribution in [-0.2, 0) is 17.9 Å². The second-order valence-corrected chi connectivity index (χ2v) is 8.42. The number of nitrogens with one attached hydrogen (secondary N) is 1. The van der Waals surface area contributed by atoms with Crippen molar-refractivity contribution >= 4 is 22.8 Å². The maximum absolute atomic E-state index is 10.9. The average molecular weight is 492 g/mol. The molecular formula is C24H24N6O6.